The van der Waals surface area contributed by atoms with Gasteiger partial charge in [0.25, 0.3) is 0 Å². The summed E-state index contributed by atoms with van der Waals surface area (Å²) in [5, 5.41) is 10.9. The second kappa shape index (κ2) is 13.3. The van der Waals surface area contributed by atoms with Crippen LogP contribution in [-0.2, 0) is 5.41 Å². The summed E-state index contributed by atoms with van der Waals surface area (Å²) in [5.74, 6) is 4.05. The summed E-state index contributed by atoms with van der Waals surface area (Å²) in [6.07, 6.45) is 1.89. The third-order valence-corrected chi connectivity index (χ3v) is 8.57. The molecule has 37 heavy (non-hydrogen) atoms. The van der Waals surface area contributed by atoms with Crippen molar-refractivity contribution in [3.8, 4) is 23.0 Å². The van der Waals surface area contributed by atoms with E-state index in [0.29, 0.717) is 17.2 Å². The number of thioether (sulfide) groups is 1. The molecule has 0 heterocycles. The first kappa shape index (κ1) is 29.0. The highest BCUT2D eigenvalue weighted by Crippen LogP contribution is 2.33. The second-order valence-electron chi connectivity index (χ2n) is 9.27. The van der Waals surface area contributed by atoms with Crippen LogP contribution in [0.5, 0.6) is 23.0 Å². The highest BCUT2D eigenvalue weighted by Gasteiger charge is 2.27. The average molecular weight is 543 g/mol. The van der Waals surface area contributed by atoms with Gasteiger partial charge in [0.1, 0.15) is 11.5 Å². The number of nitrogens with one attached hydrogen (secondary N) is 1. The Morgan fingerprint density at radius 2 is 1.27 bits per heavy atom. The molecular weight excluding hydrogens is 504 g/mol. The number of benzene rings is 3. The first-order valence-electron chi connectivity index (χ1n) is 12.5. The van der Waals surface area contributed by atoms with Crippen LogP contribution in [0.3, 0.4) is 0 Å². The minimum absolute atomic E-state index is 0.138. The van der Waals surface area contributed by atoms with Crippen LogP contribution >= 0.6 is 24.4 Å². The molecule has 0 aliphatic heterocycles. The summed E-state index contributed by atoms with van der Waals surface area (Å²) in [6.45, 7) is 8.61. The van der Waals surface area contributed by atoms with Gasteiger partial charge in [-0.1, -0.05) is 52.0 Å². The van der Waals surface area contributed by atoms with E-state index in [9.17, 15) is 5.11 Å². The van der Waals surface area contributed by atoms with Crippen LogP contribution in [0, 0.1) is 0 Å². The highest BCUT2D eigenvalue weighted by atomic mass is 32.2. The zero-order chi connectivity index (χ0) is 26.9. The number of rotatable bonds is 14. The Bertz CT molecular complexity index is 1090. The van der Waals surface area contributed by atoms with Crippen LogP contribution in [0.2, 0.25) is 0 Å². The molecular formula is C29H38N2O4S2. The molecule has 0 aliphatic carbocycles. The van der Waals surface area contributed by atoms with Gasteiger partial charge in [-0.05, 0) is 78.3 Å². The molecule has 0 saturated carbocycles. The second-order valence-corrected chi connectivity index (χ2v) is 11.2. The van der Waals surface area contributed by atoms with E-state index in [-0.39, 0.29) is 16.0 Å². The first-order chi connectivity index (χ1) is 17.7. The van der Waals surface area contributed by atoms with Gasteiger partial charge in [0, 0.05) is 16.4 Å². The van der Waals surface area contributed by atoms with Crippen LogP contribution < -0.4 is 20.0 Å². The van der Waals surface area contributed by atoms with E-state index in [1.165, 1.54) is 5.23 Å². The summed E-state index contributed by atoms with van der Waals surface area (Å²) in [6, 6.07) is 22.6. The minimum Gasteiger partial charge on any atom is -0.508 e. The maximum absolute atomic E-state index is 9.59. The van der Waals surface area contributed by atoms with Gasteiger partial charge in [-0.3, -0.25) is 0 Å². The van der Waals surface area contributed by atoms with Crippen molar-refractivity contribution in [2.75, 3.05) is 18.6 Å². The van der Waals surface area contributed by atoms with Crippen molar-refractivity contribution in [2.24, 2.45) is 0 Å². The number of phenolic OH excluding ortho intramolecular Hbond substituents is 1. The van der Waals surface area contributed by atoms with Crippen LogP contribution in [0.15, 0.2) is 72.8 Å². The number of thiol groups is 1. The largest absolute Gasteiger partial charge is 0.508 e. The van der Waals surface area contributed by atoms with E-state index < -0.39 is 0 Å². The van der Waals surface area contributed by atoms with Crippen LogP contribution in [0.4, 0.5) is 0 Å². The Labute approximate surface area is 230 Å². The lowest BCUT2D eigenvalue weighted by molar-refractivity contribution is -0.236. The number of hydroxylamine groups is 3. The van der Waals surface area contributed by atoms with Crippen LogP contribution in [0.25, 0.3) is 0 Å². The molecule has 0 atom stereocenters. The van der Waals surface area contributed by atoms with Crippen molar-refractivity contribution >= 4 is 24.4 Å². The molecule has 2 N–H and O–H groups in total. The standard InChI is InChI=1S/C29H38N2O4S2/c1-6-29(7-2,37-21-20-36)30-33-25-16-18-27(19-17-25)35-31(5)34-26-14-10-23(11-15-26)28(3,4)22-8-12-24(32)13-9-22/h8-19,30,32,36H,6-7,20-21H2,1-5H3. The van der Waals surface area contributed by atoms with Crippen molar-refractivity contribution in [2.45, 2.75) is 50.8 Å². The molecule has 0 saturated heterocycles. The molecule has 0 aliphatic rings. The van der Waals surface area contributed by atoms with Gasteiger partial charge in [-0.15, -0.1) is 17.2 Å². The predicted molar refractivity (Wildman–Crippen MR) is 156 cm³/mol. The number of phenols is 1. The fourth-order valence-corrected chi connectivity index (χ4v) is 5.15. The monoisotopic (exact) mass is 542 g/mol. The zero-order valence-corrected chi connectivity index (χ0v) is 23.9. The molecule has 0 spiro atoms. The van der Waals surface area contributed by atoms with Gasteiger partial charge < -0.3 is 19.6 Å². The van der Waals surface area contributed by atoms with Gasteiger partial charge in [0.05, 0.1) is 11.9 Å². The van der Waals surface area contributed by atoms with E-state index in [0.717, 1.165) is 35.5 Å². The van der Waals surface area contributed by atoms with Gasteiger partial charge >= 0.3 is 0 Å². The zero-order valence-electron chi connectivity index (χ0n) is 22.2. The fourth-order valence-electron chi connectivity index (χ4n) is 3.88. The SMILES string of the molecule is CCC(CC)(NOc1ccc(ON(C)Oc2ccc(C(C)(C)c3ccc(O)cc3)cc2)cc1)SCCS. The molecule has 0 radical (unpaired) electrons. The van der Waals surface area contributed by atoms with Crippen molar-refractivity contribution in [1.82, 2.24) is 10.7 Å². The maximum Gasteiger partial charge on any atom is 0.151 e. The minimum atomic E-state index is -0.216. The summed E-state index contributed by atoms with van der Waals surface area (Å²) in [4.78, 5) is 17.3. The Balaban J connectivity index is 1.54. The molecule has 3 rings (SSSR count). The lowest BCUT2D eigenvalue weighted by Crippen LogP contribution is -2.43. The Kier molecular flexibility index (Phi) is 10.5. The van der Waals surface area contributed by atoms with E-state index in [2.05, 4.69) is 45.8 Å². The van der Waals surface area contributed by atoms with Crippen LogP contribution in [0.1, 0.15) is 51.7 Å². The first-order valence-corrected chi connectivity index (χ1v) is 14.1. The van der Waals surface area contributed by atoms with E-state index in [1.807, 2.05) is 72.4 Å². The van der Waals surface area contributed by atoms with Gasteiger partial charge in [0.2, 0.25) is 0 Å². The predicted octanol–water partition coefficient (Wildman–Crippen LogP) is 7.00. The highest BCUT2D eigenvalue weighted by molar-refractivity contribution is 8.01. The van der Waals surface area contributed by atoms with E-state index in [4.69, 9.17) is 14.5 Å². The topological polar surface area (TPSA) is 63.2 Å². The van der Waals surface area contributed by atoms with Gasteiger partial charge in [-0.25, -0.2) is 0 Å². The normalized spacial score (nSPS) is 12.0. The third kappa shape index (κ3) is 7.98. The molecule has 3 aromatic carbocycles. The molecule has 0 fully saturated rings. The molecule has 8 heteroatoms. The number of hydrogen-bond acceptors (Lipinski definition) is 8. The fraction of sp³-hybridized carbons (Fsp3) is 0.379. The molecule has 3 aromatic rings. The van der Waals surface area contributed by atoms with Crippen molar-refractivity contribution < 1.29 is 19.6 Å². The van der Waals surface area contributed by atoms with Gasteiger partial charge in [-0.2, -0.15) is 12.6 Å². The third-order valence-electron chi connectivity index (χ3n) is 6.42. The lowest BCUT2D eigenvalue weighted by Gasteiger charge is -2.31. The molecule has 200 valence electrons. The summed E-state index contributed by atoms with van der Waals surface area (Å²) in [7, 11) is 1.70. The Hall–Kier alpha value is -2.52. The lowest BCUT2D eigenvalue weighted by atomic mass is 9.78. The van der Waals surface area contributed by atoms with Crippen LogP contribution in [-0.4, -0.2) is 33.8 Å². The Morgan fingerprint density at radius 3 is 1.76 bits per heavy atom. The molecule has 0 bridgehead atoms. The number of nitrogens with zero attached hydrogens (tertiary/aromatic N) is 1. The van der Waals surface area contributed by atoms with E-state index in [1.54, 1.807) is 19.2 Å². The number of hydrogen-bond donors (Lipinski definition) is 3. The Morgan fingerprint density at radius 1 is 0.811 bits per heavy atom. The smallest absolute Gasteiger partial charge is 0.151 e. The quantitative estimate of drug-likeness (QED) is 0.115. The number of aromatic hydroxyl groups is 1. The maximum atomic E-state index is 9.59. The molecule has 0 aromatic heterocycles. The van der Waals surface area contributed by atoms with Crippen molar-refractivity contribution in [1.29, 1.82) is 0 Å². The molecule has 6 nitrogen and oxygen atoms in total. The summed E-state index contributed by atoms with van der Waals surface area (Å²) < 4.78 is 0. The van der Waals surface area contributed by atoms with Crippen molar-refractivity contribution in [3.05, 3.63) is 83.9 Å². The molecule has 0 amide bonds. The summed E-state index contributed by atoms with van der Waals surface area (Å²) in [5.41, 5.74) is 5.29. The van der Waals surface area contributed by atoms with Crippen molar-refractivity contribution in [3.63, 3.8) is 0 Å². The van der Waals surface area contributed by atoms with Gasteiger partial charge in [0.15, 0.2) is 11.5 Å². The summed E-state index contributed by atoms with van der Waals surface area (Å²) >= 11 is 6.16. The molecule has 0 unspecified atom stereocenters. The average Bonchev–Trinajstić information content (AvgIpc) is 2.90. The van der Waals surface area contributed by atoms with E-state index >= 15 is 0 Å².